The Balaban J connectivity index is 2.44. The number of hydrogen-bond donors (Lipinski definition) is 1. The number of benzene rings is 2. The van der Waals surface area contributed by atoms with Crippen LogP contribution in [0.2, 0.25) is 15.1 Å². The molecule has 0 radical (unpaired) electrons. The van der Waals surface area contributed by atoms with Crippen LogP contribution in [0.25, 0.3) is 0 Å². The third-order valence-electron chi connectivity index (χ3n) is 2.73. The average Bonchev–Trinajstić information content (AvgIpc) is 2.43. The van der Waals surface area contributed by atoms with E-state index in [4.69, 9.17) is 45.3 Å². The molecule has 6 heteroatoms. The van der Waals surface area contributed by atoms with Gasteiger partial charge in [0.15, 0.2) is 5.78 Å². The van der Waals surface area contributed by atoms with Gasteiger partial charge in [0, 0.05) is 11.1 Å². The van der Waals surface area contributed by atoms with E-state index in [0.29, 0.717) is 21.9 Å². The van der Waals surface area contributed by atoms with E-state index in [0.717, 1.165) is 0 Å². The molecule has 104 valence electrons. The molecule has 0 aliphatic carbocycles. The van der Waals surface area contributed by atoms with Gasteiger partial charge >= 0.3 is 0 Å². The van der Waals surface area contributed by atoms with Crippen molar-refractivity contribution in [2.75, 3.05) is 12.8 Å². The largest absolute Gasteiger partial charge is 0.495 e. The lowest BCUT2D eigenvalue weighted by molar-refractivity contribution is 0.103. The van der Waals surface area contributed by atoms with Crippen molar-refractivity contribution in [3.63, 3.8) is 0 Å². The number of halogens is 3. The van der Waals surface area contributed by atoms with E-state index in [2.05, 4.69) is 0 Å². The van der Waals surface area contributed by atoms with Crippen LogP contribution in [0.1, 0.15) is 15.9 Å². The number of carbonyl (C=O) groups excluding carboxylic acids is 1. The monoisotopic (exact) mass is 329 g/mol. The van der Waals surface area contributed by atoms with Crippen LogP contribution in [0.3, 0.4) is 0 Å². The van der Waals surface area contributed by atoms with E-state index < -0.39 is 0 Å². The van der Waals surface area contributed by atoms with E-state index in [-0.39, 0.29) is 21.5 Å². The first-order valence-electron chi connectivity index (χ1n) is 5.56. The molecular weight excluding hydrogens is 321 g/mol. The molecule has 2 aromatic rings. The summed E-state index contributed by atoms with van der Waals surface area (Å²) in [7, 11) is 1.50. The first kappa shape index (κ1) is 15.0. The van der Waals surface area contributed by atoms with E-state index in [9.17, 15) is 4.79 Å². The van der Waals surface area contributed by atoms with Gasteiger partial charge in [-0.05, 0) is 30.3 Å². The molecule has 3 nitrogen and oxygen atoms in total. The Morgan fingerprint density at radius 2 is 1.70 bits per heavy atom. The van der Waals surface area contributed by atoms with Crippen LogP contribution < -0.4 is 10.5 Å². The van der Waals surface area contributed by atoms with Gasteiger partial charge in [-0.1, -0.05) is 34.8 Å². The fraction of sp³-hybridized carbons (Fsp3) is 0.0714. The minimum Gasteiger partial charge on any atom is -0.495 e. The molecule has 0 saturated heterocycles. The van der Waals surface area contributed by atoms with Gasteiger partial charge < -0.3 is 10.5 Å². The number of rotatable bonds is 3. The van der Waals surface area contributed by atoms with Gasteiger partial charge in [0.2, 0.25) is 0 Å². The molecule has 0 bridgehead atoms. The van der Waals surface area contributed by atoms with Crippen LogP contribution in [0, 0.1) is 0 Å². The number of nitrogens with two attached hydrogens (primary N) is 1. The Morgan fingerprint density at radius 3 is 2.25 bits per heavy atom. The molecular formula is C14H10Cl3NO2. The second-order valence-electron chi connectivity index (χ2n) is 4.04. The van der Waals surface area contributed by atoms with Crippen molar-refractivity contribution in [3.05, 3.63) is 56.5 Å². The quantitative estimate of drug-likeness (QED) is 0.667. The standard InChI is InChI=1S/C14H10Cl3NO2/c1-20-12-3-2-7(4-9(12)15)14(19)8-5-10(16)13(17)11(18)6-8/h2-6H,18H2,1H3. The average molecular weight is 331 g/mol. The number of anilines is 1. The van der Waals surface area contributed by atoms with Crippen molar-refractivity contribution in [2.24, 2.45) is 0 Å². The molecule has 0 amide bonds. The van der Waals surface area contributed by atoms with Gasteiger partial charge in [-0.2, -0.15) is 0 Å². The number of methoxy groups -OCH3 is 1. The lowest BCUT2D eigenvalue weighted by atomic mass is 10.0. The second-order valence-corrected chi connectivity index (χ2v) is 5.23. The minimum absolute atomic E-state index is 0.231. The van der Waals surface area contributed by atoms with Crippen LogP contribution in [0.4, 0.5) is 5.69 Å². The molecule has 0 heterocycles. The molecule has 0 unspecified atom stereocenters. The van der Waals surface area contributed by atoms with Gasteiger partial charge in [0.05, 0.1) is 27.9 Å². The lowest BCUT2D eigenvalue weighted by Gasteiger charge is -2.08. The highest BCUT2D eigenvalue weighted by atomic mass is 35.5. The highest BCUT2D eigenvalue weighted by Gasteiger charge is 2.14. The summed E-state index contributed by atoms with van der Waals surface area (Å²) < 4.78 is 5.04. The number of ketones is 1. The fourth-order valence-corrected chi connectivity index (χ4v) is 2.31. The Morgan fingerprint density at radius 1 is 1.05 bits per heavy atom. The highest BCUT2D eigenvalue weighted by molar-refractivity contribution is 6.44. The summed E-state index contributed by atoms with van der Waals surface area (Å²) in [6.07, 6.45) is 0. The van der Waals surface area contributed by atoms with Crippen molar-refractivity contribution in [1.29, 1.82) is 0 Å². The first-order valence-corrected chi connectivity index (χ1v) is 6.70. The van der Waals surface area contributed by atoms with E-state index in [1.54, 1.807) is 12.1 Å². The van der Waals surface area contributed by atoms with E-state index in [1.165, 1.54) is 25.3 Å². The summed E-state index contributed by atoms with van der Waals surface area (Å²) in [5.74, 6) is 0.247. The van der Waals surface area contributed by atoms with Crippen LogP contribution in [-0.4, -0.2) is 12.9 Å². The molecule has 2 aromatic carbocycles. The van der Waals surface area contributed by atoms with Crippen LogP contribution in [0.15, 0.2) is 30.3 Å². The molecule has 0 atom stereocenters. The van der Waals surface area contributed by atoms with Crippen LogP contribution in [-0.2, 0) is 0 Å². The Hall–Kier alpha value is -1.42. The molecule has 0 aliphatic rings. The predicted octanol–water partition coefficient (Wildman–Crippen LogP) is 4.47. The summed E-state index contributed by atoms with van der Waals surface area (Å²) in [6, 6.07) is 7.72. The summed E-state index contributed by atoms with van der Waals surface area (Å²) in [5, 5.41) is 0.817. The predicted molar refractivity (Wildman–Crippen MR) is 82.3 cm³/mol. The van der Waals surface area contributed by atoms with Gasteiger partial charge in [0.1, 0.15) is 5.75 Å². The first-order chi connectivity index (χ1) is 9.43. The zero-order chi connectivity index (χ0) is 14.9. The summed E-state index contributed by atoms with van der Waals surface area (Å²) in [6.45, 7) is 0. The van der Waals surface area contributed by atoms with Gasteiger partial charge in [0.25, 0.3) is 0 Å². The van der Waals surface area contributed by atoms with E-state index >= 15 is 0 Å². The van der Waals surface area contributed by atoms with Crippen molar-refractivity contribution >= 4 is 46.3 Å². The highest BCUT2D eigenvalue weighted by Crippen LogP contribution is 2.31. The van der Waals surface area contributed by atoms with E-state index in [1.807, 2.05) is 0 Å². The van der Waals surface area contributed by atoms with Gasteiger partial charge in [-0.15, -0.1) is 0 Å². The molecule has 0 fully saturated rings. The van der Waals surface area contributed by atoms with Crippen LogP contribution >= 0.6 is 34.8 Å². The maximum absolute atomic E-state index is 12.4. The molecule has 2 N–H and O–H groups in total. The van der Waals surface area contributed by atoms with Gasteiger partial charge in [-0.25, -0.2) is 0 Å². The summed E-state index contributed by atoms with van der Waals surface area (Å²) in [4.78, 5) is 12.4. The lowest BCUT2D eigenvalue weighted by Crippen LogP contribution is -2.03. The Labute approximate surface area is 131 Å². The fourth-order valence-electron chi connectivity index (χ4n) is 1.72. The second kappa shape index (κ2) is 5.92. The van der Waals surface area contributed by atoms with Crippen LogP contribution in [0.5, 0.6) is 5.75 Å². The Bertz CT molecular complexity index is 663. The normalized spacial score (nSPS) is 10.4. The SMILES string of the molecule is COc1ccc(C(=O)c2cc(N)c(Cl)c(Cl)c2)cc1Cl. The molecule has 0 aliphatic heterocycles. The molecule has 2 rings (SSSR count). The topological polar surface area (TPSA) is 52.3 Å². The van der Waals surface area contributed by atoms with Crippen molar-refractivity contribution in [2.45, 2.75) is 0 Å². The molecule has 20 heavy (non-hydrogen) atoms. The minimum atomic E-state index is -0.250. The smallest absolute Gasteiger partial charge is 0.193 e. The van der Waals surface area contributed by atoms with Gasteiger partial charge in [-0.3, -0.25) is 4.79 Å². The third kappa shape index (κ3) is 2.85. The number of nitrogen functional groups attached to an aromatic ring is 1. The summed E-state index contributed by atoms with van der Waals surface area (Å²) in [5.41, 5.74) is 6.71. The summed E-state index contributed by atoms with van der Waals surface area (Å²) >= 11 is 17.8. The molecule has 0 spiro atoms. The third-order valence-corrected chi connectivity index (χ3v) is 3.84. The number of carbonyl (C=O) groups is 1. The van der Waals surface area contributed by atoms with Crippen molar-refractivity contribution < 1.29 is 9.53 Å². The zero-order valence-electron chi connectivity index (χ0n) is 10.4. The maximum atomic E-state index is 12.4. The number of ether oxygens (including phenoxy) is 1. The zero-order valence-corrected chi connectivity index (χ0v) is 12.7. The van der Waals surface area contributed by atoms with Crippen molar-refractivity contribution in [3.8, 4) is 5.75 Å². The van der Waals surface area contributed by atoms with Crippen molar-refractivity contribution in [1.82, 2.24) is 0 Å². The Kier molecular flexibility index (Phi) is 4.43. The maximum Gasteiger partial charge on any atom is 0.193 e. The number of hydrogen-bond acceptors (Lipinski definition) is 3. The molecule has 0 saturated carbocycles. The molecule has 0 aromatic heterocycles.